The summed E-state index contributed by atoms with van der Waals surface area (Å²) in [5.74, 6) is 0. The number of rotatable bonds is 2. The molecule has 0 fully saturated rings. The van der Waals surface area contributed by atoms with Gasteiger partial charge in [0.15, 0.2) is 0 Å². The molecule has 0 spiro atoms. The third-order valence-corrected chi connectivity index (χ3v) is 0.406. The highest BCUT2D eigenvalue weighted by atomic mass is 32.2. The van der Waals surface area contributed by atoms with Crippen LogP contribution in [0.5, 0.6) is 0 Å². The summed E-state index contributed by atoms with van der Waals surface area (Å²) in [5, 5.41) is 0. The van der Waals surface area contributed by atoms with E-state index in [1.165, 1.54) is 0 Å². The standard InChI is InChI=1S/CH4O4S/c1-4-5-6(2)3/h6H,1H3. The molecule has 0 aliphatic rings. The van der Waals surface area contributed by atoms with E-state index in [9.17, 15) is 8.42 Å². The minimum Gasteiger partial charge on any atom is -0.223 e. The molecule has 0 bridgehead atoms. The molecule has 4 nitrogen and oxygen atoms in total. The Morgan fingerprint density at radius 2 is 2.00 bits per heavy atom. The first-order valence-electron chi connectivity index (χ1n) is 1.12. The first kappa shape index (κ1) is 5.87. The average Bonchev–Trinajstić information content (AvgIpc) is 1.35. The van der Waals surface area contributed by atoms with E-state index in [4.69, 9.17) is 0 Å². The summed E-state index contributed by atoms with van der Waals surface area (Å²) in [6.45, 7) is 0. The van der Waals surface area contributed by atoms with Crippen LogP contribution in [0.4, 0.5) is 0 Å². The number of thiol groups is 1. The van der Waals surface area contributed by atoms with Crippen molar-refractivity contribution in [3.05, 3.63) is 0 Å². The zero-order valence-electron chi connectivity index (χ0n) is 3.08. The van der Waals surface area contributed by atoms with Gasteiger partial charge in [-0.05, 0) is 0 Å². The van der Waals surface area contributed by atoms with Gasteiger partial charge in [-0.15, -0.1) is 4.33 Å². The largest absolute Gasteiger partial charge is 0.283 e. The SMILES string of the molecule is COO[SH](=O)=O. The summed E-state index contributed by atoms with van der Waals surface area (Å²) in [4.78, 5) is 3.71. The van der Waals surface area contributed by atoms with Crippen molar-refractivity contribution in [1.29, 1.82) is 0 Å². The second kappa shape index (κ2) is 3.08. The van der Waals surface area contributed by atoms with E-state index in [0.29, 0.717) is 0 Å². The van der Waals surface area contributed by atoms with Crippen molar-refractivity contribution >= 4 is 11.0 Å². The van der Waals surface area contributed by atoms with Crippen molar-refractivity contribution < 1.29 is 17.6 Å². The van der Waals surface area contributed by atoms with Gasteiger partial charge in [0.05, 0.1) is 7.11 Å². The van der Waals surface area contributed by atoms with Crippen LogP contribution in [0, 0.1) is 0 Å². The molecule has 38 valence electrons. The Bertz CT molecular complexity index is 75.5. The van der Waals surface area contributed by atoms with E-state index < -0.39 is 11.0 Å². The van der Waals surface area contributed by atoms with Crippen LogP contribution in [0.2, 0.25) is 0 Å². The summed E-state index contributed by atoms with van der Waals surface area (Å²) in [6, 6.07) is 0. The Balaban J connectivity index is 3.07. The highest BCUT2D eigenvalue weighted by Crippen LogP contribution is 1.65. The zero-order chi connectivity index (χ0) is 4.99. The molecular weight excluding hydrogens is 108 g/mol. The van der Waals surface area contributed by atoms with Crippen molar-refractivity contribution in [2.45, 2.75) is 0 Å². The van der Waals surface area contributed by atoms with Gasteiger partial charge in [-0.3, -0.25) is 0 Å². The lowest BCUT2D eigenvalue weighted by Crippen LogP contribution is -1.82. The first-order valence-corrected chi connectivity index (χ1v) is 2.22. The second-order valence-corrected chi connectivity index (χ2v) is 1.06. The fourth-order valence-electron chi connectivity index (χ4n) is 0.0609. The quantitative estimate of drug-likeness (QED) is 0.285. The van der Waals surface area contributed by atoms with Crippen molar-refractivity contribution in [2.75, 3.05) is 7.11 Å². The van der Waals surface area contributed by atoms with Crippen molar-refractivity contribution in [1.82, 2.24) is 0 Å². The topological polar surface area (TPSA) is 52.6 Å². The Hall–Kier alpha value is -0.130. The van der Waals surface area contributed by atoms with Gasteiger partial charge in [-0.2, -0.15) is 0 Å². The maximum atomic E-state index is 9.29. The Morgan fingerprint density at radius 1 is 1.50 bits per heavy atom. The number of hydrogen-bond donors (Lipinski definition) is 1. The molecule has 0 unspecified atom stereocenters. The molecule has 0 N–H and O–H groups in total. The van der Waals surface area contributed by atoms with E-state index in [-0.39, 0.29) is 0 Å². The summed E-state index contributed by atoms with van der Waals surface area (Å²) < 4.78 is 22.1. The Kier molecular flexibility index (Phi) is 3.01. The van der Waals surface area contributed by atoms with Gasteiger partial charge in [0.25, 0.3) is 11.0 Å². The molecule has 0 aromatic rings. The monoisotopic (exact) mass is 112 g/mol. The number of hydrogen-bond acceptors (Lipinski definition) is 4. The third kappa shape index (κ3) is 3.87. The molecule has 0 heterocycles. The lowest BCUT2D eigenvalue weighted by molar-refractivity contribution is -0.167. The maximum absolute atomic E-state index is 9.29. The highest BCUT2D eigenvalue weighted by Gasteiger charge is 1.73. The van der Waals surface area contributed by atoms with E-state index in [0.717, 1.165) is 7.11 Å². The van der Waals surface area contributed by atoms with E-state index in [1.807, 2.05) is 0 Å². The van der Waals surface area contributed by atoms with Crippen LogP contribution < -0.4 is 0 Å². The predicted octanol–water partition coefficient (Wildman–Crippen LogP) is -0.909. The third-order valence-electron chi connectivity index (χ3n) is 0.135. The lowest BCUT2D eigenvalue weighted by atomic mass is 11.8. The molecule has 0 rings (SSSR count). The molecule has 0 aliphatic carbocycles. The maximum Gasteiger partial charge on any atom is 0.283 e. The van der Waals surface area contributed by atoms with Gasteiger partial charge < -0.3 is 0 Å². The van der Waals surface area contributed by atoms with Crippen molar-refractivity contribution in [3.8, 4) is 0 Å². The second-order valence-electron chi connectivity index (χ2n) is 0.465. The van der Waals surface area contributed by atoms with Crippen molar-refractivity contribution in [2.24, 2.45) is 0 Å². The fourth-order valence-corrected chi connectivity index (χ4v) is 0.183. The van der Waals surface area contributed by atoms with Crippen LogP contribution >= 0.6 is 0 Å². The van der Waals surface area contributed by atoms with Gasteiger partial charge in [-0.25, -0.2) is 13.3 Å². The molecule has 0 aliphatic heterocycles. The van der Waals surface area contributed by atoms with Crippen LogP contribution in [0.3, 0.4) is 0 Å². The van der Waals surface area contributed by atoms with Crippen LogP contribution in [-0.4, -0.2) is 15.5 Å². The zero-order valence-corrected chi connectivity index (χ0v) is 3.97. The Morgan fingerprint density at radius 3 is 2.00 bits per heavy atom. The van der Waals surface area contributed by atoms with Gasteiger partial charge in [0, 0.05) is 0 Å². The summed E-state index contributed by atoms with van der Waals surface area (Å²) in [6.07, 6.45) is 0. The van der Waals surface area contributed by atoms with Gasteiger partial charge in [0.2, 0.25) is 0 Å². The minimum atomic E-state index is -2.82. The van der Waals surface area contributed by atoms with Crippen LogP contribution in [0.15, 0.2) is 0 Å². The predicted molar refractivity (Wildman–Crippen MR) is 18.4 cm³/mol. The van der Waals surface area contributed by atoms with Crippen LogP contribution in [-0.2, 0) is 20.2 Å². The highest BCUT2D eigenvalue weighted by molar-refractivity contribution is 7.67. The van der Waals surface area contributed by atoms with Crippen molar-refractivity contribution in [3.63, 3.8) is 0 Å². The smallest absolute Gasteiger partial charge is 0.223 e. The molecule has 0 aromatic heterocycles. The normalized spacial score (nSPS) is 9.67. The molecule has 0 saturated carbocycles. The molecule has 0 radical (unpaired) electrons. The minimum absolute atomic E-state index is 1.12. The lowest BCUT2D eigenvalue weighted by Gasteiger charge is -1.78. The molecular formula is CH4O4S. The molecule has 6 heavy (non-hydrogen) atoms. The van der Waals surface area contributed by atoms with Gasteiger partial charge >= 0.3 is 0 Å². The first-order chi connectivity index (χ1) is 2.77. The van der Waals surface area contributed by atoms with Gasteiger partial charge in [0.1, 0.15) is 0 Å². The molecule has 0 aromatic carbocycles. The average molecular weight is 112 g/mol. The summed E-state index contributed by atoms with van der Waals surface area (Å²) in [5.41, 5.74) is 0. The molecule has 0 saturated heterocycles. The molecule has 0 atom stereocenters. The van der Waals surface area contributed by atoms with Crippen LogP contribution in [0.25, 0.3) is 0 Å². The van der Waals surface area contributed by atoms with Gasteiger partial charge in [-0.1, -0.05) is 0 Å². The molecule has 0 amide bonds. The van der Waals surface area contributed by atoms with Crippen LogP contribution in [0.1, 0.15) is 0 Å². The van der Waals surface area contributed by atoms with E-state index >= 15 is 0 Å². The van der Waals surface area contributed by atoms with E-state index in [2.05, 4.69) is 9.22 Å². The fraction of sp³-hybridized carbons (Fsp3) is 1.00. The van der Waals surface area contributed by atoms with E-state index in [1.54, 1.807) is 0 Å². The summed E-state index contributed by atoms with van der Waals surface area (Å²) >= 11 is 0. The molecule has 5 heteroatoms. The Labute approximate surface area is 36.8 Å². The summed E-state index contributed by atoms with van der Waals surface area (Å²) in [7, 11) is -1.71.